The van der Waals surface area contributed by atoms with E-state index < -0.39 is 66.6 Å². The molecule has 2 fully saturated rings. The highest BCUT2D eigenvalue weighted by Crippen LogP contribution is 2.48. The van der Waals surface area contributed by atoms with Crippen molar-refractivity contribution >= 4 is 41.5 Å². The number of anilines is 1. The van der Waals surface area contributed by atoms with E-state index in [4.69, 9.17) is 23.7 Å². The van der Waals surface area contributed by atoms with Crippen LogP contribution in [0.5, 0.6) is 23.3 Å². The number of ether oxygens (including phenoxy) is 5. The summed E-state index contributed by atoms with van der Waals surface area (Å²) in [6.45, 7) is 12.7. The maximum Gasteiger partial charge on any atom is 0.323 e. The van der Waals surface area contributed by atoms with Crippen molar-refractivity contribution in [1.82, 2.24) is 14.9 Å². The largest absolute Gasteiger partial charge is 0.497 e. The summed E-state index contributed by atoms with van der Waals surface area (Å²) in [4.78, 5) is 25.2. The number of aromatic nitrogens is 2. The summed E-state index contributed by atoms with van der Waals surface area (Å²) >= 11 is 0. The lowest BCUT2D eigenvalue weighted by Crippen LogP contribution is -2.43. The summed E-state index contributed by atoms with van der Waals surface area (Å²) in [6, 6.07) is 12.3. The predicted octanol–water partition coefficient (Wildman–Crippen LogP) is 10.5. The molecule has 2 aliphatic heterocycles. The smallest absolute Gasteiger partial charge is 0.323 e. The van der Waals surface area contributed by atoms with Crippen molar-refractivity contribution in [2.24, 2.45) is 0 Å². The molecule has 0 aliphatic carbocycles. The highest BCUT2D eigenvalue weighted by atomic mass is 28.3. The van der Waals surface area contributed by atoms with Crippen molar-refractivity contribution in [3.05, 3.63) is 77.1 Å². The molecule has 0 spiro atoms. The molecule has 5 aromatic rings. The Morgan fingerprint density at radius 1 is 0.924 bits per heavy atom. The maximum atomic E-state index is 18.1. The van der Waals surface area contributed by atoms with Crippen molar-refractivity contribution in [3.63, 3.8) is 0 Å². The molecule has 7 rings (SSSR count). The zero-order chi connectivity index (χ0) is 47.7. The van der Waals surface area contributed by atoms with Crippen LogP contribution in [-0.2, 0) is 16.1 Å². The Hall–Kier alpha value is -5.63. The van der Waals surface area contributed by atoms with E-state index in [0.29, 0.717) is 29.7 Å². The van der Waals surface area contributed by atoms with Crippen molar-refractivity contribution in [2.75, 3.05) is 59.3 Å². The molecular weight excluding hydrogens is 873 g/mol. The third kappa shape index (κ3) is 9.09. The molecule has 16 heteroatoms. The molecule has 4 aromatic carbocycles. The minimum Gasteiger partial charge on any atom is -0.497 e. The van der Waals surface area contributed by atoms with Gasteiger partial charge in [0.15, 0.2) is 24.2 Å². The van der Waals surface area contributed by atoms with Crippen LogP contribution >= 0.6 is 0 Å². The van der Waals surface area contributed by atoms with E-state index in [1.807, 2.05) is 4.90 Å². The third-order valence-electron chi connectivity index (χ3n) is 13.5. The first-order valence-electron chi connectivity index (χ1n) is 22.3. The molecular formula is C50H58F4N4O7Si. The van der Waals surface area contributed by atoms with Crippen LogP contribution in [0.2, 0.25) is 16.6 Å². The molecule has 1 N–H and O–H groups in total. The highest BCUT2D eigenvalue weighted by Gasteiger charge is 2.49. The van der Waals surface area contributed by atoms with Gasteiger partial charge in [0, 0.05) is 37.6 Å². The number of hydrogen-bond acceptors (Lipinski definition) is 10. The Labute approximate surface area is 384 Å². The number of carboxylic acid groups (broad SMARTS) is 1. The Balaban J connectivity index is 1.53. The zero-order valence-corrected chi connectivity index (χ0v) is 40.0. The van der Waals surface area contributed by atoms with Gasteiger partial charge < -0.3 is 33.7 Å². The van der Waals surface area contributed by atoms with Crippen molar-refractivity contribution in [3.8, 4) is 45.9 Å². The van der Waals surface area contributed by atoms with Gasteiger partial charge in [-0.05, 0) is 77.3 Å². The summed E-state index contributed by atoms with van der Waals surface area (Å²) in [7, 11) is 1.68. The Kier molecular flexibility index (Phi) is 14.4. The number of carboxylic acids is 1. The fourth-order valence-corrected chi connectivity index (χ4v) is 15.7. The number of rotatable bonds is 17. The molecule has 66 heavy (non-hydrogen) atoms. The van der Waals surface area contributed by atoms with Gasteiger partial charge in [-0.3, -0.25) is 9.69 Å². The zero-order valence-electron chi connectivity index (χ0n) is 39.0. The van der Waals surface area contributed by atoms with Crippen LogP contribution in [0.3, 0.4) is 0 Å². The fourth-order valence-electron chi connectivity index (χ4n) is 10.5. The second kappa shape index (κ2) is 19.7. The fraction of sp³-hybridized carbons (Fsp3) is 0.460. The number of fused-ring (bicyclic) bond motifs is 3. The minimum absolute atomic E-state index is 0.0403. The topological polar surface area (TPSA) is 116 Å². The van der Waals surface area contributed by atoms with Crippen LogP contribution < -0.4 is 23.8 Å². The van der Waals surface area contributed by atoms with Crippen molar-refractivity contribution in [2.45, 2.75) is 95.7 Å². The number of aliphatic carboxylic acids is 1. The van der Waals surface area contributed by atoms with Crippen LogP contribution in [0, 0.1) is 28.9 Å². The number of carbonyl (C=O) groups is 1. The van der Waals surface area contributed by atoms with E-state index in [2.05, 4.69) is 63.0 Å². The SMILES string of the molecule is COCOc1cc(-c2c(F)c(OC)c3c(N(CC(=O)O)Cc4ccc(OC)cc4)nc(OC[C@@]45CCCN4C[C@H](F)C5)nc3c2F)c2c(C#C[Si](C(C)C)(C(C)C)C(C)C)c(F)ccc2c1. The van der Waals surface area contributed by atoms with Gasteiger partial charge in [-0.25, -0.2) is 17.6 Å². The molecule has 11 nitrogen and oxygen atoms in total. The van der Waals surface area contributed by atoms with Gasteiger partial charge >= 0.3 is 12.0 Å². The Morgan fingerprint density at radius 2 is 1.64 bits per heavy atom. The van der Waals surface area contributed by atoms with E-state index in [9.17, 15) is 14.3 Å². The van der Waals surface area contributed by atoms with Crippen LogP contribution in [-0.4, -0.2) is 100 Å². The predicted molar refractivity (Wildman–Crippen MR) is 250 cm³/mol. The number of benzene rings is 4. The summed E-state index contributed by atoms with van der Waals surface area (Å²) in [5, 5.41) is 10.5. The molecule has 0 unspecified atom stereocenters. The van der Waals surface area contributed by atoms with E-state index in [1.165, 1.54) is 44.4 Å². The molecule has 0 radical (unpaired) electrons. The van der Waals surface area contributed by atoms with E-state index in [1.54, 1.807) is 30.3 Å². The van der Waals surface area contributed by atoms with E-state index >= 15 is 13.2 Å². The second-order valence-corrected chi connectivity index (χ2v) is 23.8. The number of alkyl halides is 1. The van der Waals surface area contributed by atoms with E-state index in [0.717, 1.165) is 6.42 Å². The quantitative estimate of drug-likeness (QED) is 0.0416. The second-order valence-electron chi connectivity index (χ2n) is 18.2. The van der Waals surface area contributed by atoms with Crippen LogP contribution in [0.1, 0.15) is 71.9 Å². The summed E-state index contributed by atoms with van der Waals surface area (Å²) < 4.78 is 95.7. The average Bonchev–Trinajstić information content (AvgIpc) is 3.81. The molecule has 2 atom stereocenters. The van der Waals surface area contributed by atoms with Gasteiger partial charge in [0.1, 0.15) is 56.0 Å². The monoisotopic (exact) mass is 930 g/mol. The number of nitrogens with zero attached hydrogens (tertiary/aromatic N) is 4. The minimum atomic E-state index is -2.46. The third-order valence-corrected chi connectivity index (χ3v) is 19.7. The van der Waals surface area contributed by atoms with Crippen molar-refractivity contribution in [1.29, 1.82) is 0 Å². The molecule has 2 saturated heterocycles. The summed E-state index contributed by atoms with van der Waals surface area (Å²) in [5.41, 5.74) is 2.91. The Bertz CT molecular complexity index is 2650. The number of halogens is 4. The standard InChI is InChI=1S/C50H58F4N4O7Si/c1-29(2)66(30(3)4,31(5)6)20-17-37-39(52)16-13-33-21-36(65-28-61-7)22-38(41(33)37)42-44(53)46-43(47(63-9)45(42)54)48(57(26-40(59)60)24-32-11-14-35(62-8)15-12-32)56-49(55-46)64-27-50-18-10-19-58(50)25-34(51)23-50/h11-16,21-22,29-31,34H,10,18-19,23-28H2,1-9H3,(H,59,60)/t34-,50+/m1/s1. The van der Waals surface area contributed by atoms with Crippen molar-refractivity contribution < 1.29 is 51.1 Å². The first kappa shape index (κ1) is 48.3. The van der Waals surface area contributed by atoms with Gasteiger partial charge in [0.2, 0.25) is 0 Å². The molecule has 0 amide bonds. The molecule has 0 bridgehead atoms. The molecule has 1 aromatic heterocycles. The number of hydrogen-bond donors (Lipinski definition) is 1. The first-order chi connectivity index (χ1) is 31.5. The lowest BCUT2D eigenvalue weighted by Gasteiger charge is -2.38. The molecule has 2 aliphatic rings. The molecule has 352 valence electrons. The van der Waals surface area contributed by atoms with Gasteiger partial charge in [0.05, 0.1) is 36.3 Å². The lowest BCUT2D eigenvalue weighted by molar-refractivity contribution is -0.135. The normalized spacial score (nSPS) is 17.4. The summed E-state index contributed by atoms with van der Waals surface area (Å²) in [5.74, 6) is -1.07. The van der Waals surface area contributed by atoms with Crippen LogP contribution in [0.4, 0.5) is 23.4 Å². The van der Waals surface area contributed by atoms with Crippen LogP contribution in [0.15, 0.2) is 48.5 Å². The highest BCUT2D eigenvalue weighted by molar-refractivity contribution is 6.90. The first-order valence-corrected chi connectivity index (χ1v) is 24.5. The summed E-state index contributed by atoms with van der Waals surface area (Å²) in [6.07, 6.45) is 0.632. The number of methoxy groups -OCH3 is 3. The maximum absolute atomic E-state index is 18.1. The average molecular weight is 931 g/mol. The van der Waals surface area contributed by atoms with Crippen LogP contribution in [0.25, 0.3) is 32.8 Å². The van der Waals surface area contributed by atoms with Gasteiger partial charge in [-0.2, -0.15) is 9.97 Å². The van der Waals surface area contributed by atoms with Gasteiger partial charge in [-0.1, -0.05) is 65.7 Å². The van der Waals surface area contributed by atoms with Gasteiger partial charge in [-0.15, -0.1) is 5.54 Å². The van der Waals surface area contributed by atoms with Gasteiger partial charge in [0.25, 0.3) is 0 Å². The molecule has 0 saturated carbocycles. The Morgan fingerprint density at radius 3 is 2.27 bits per heavy atom. The van der Waals surface area contributed by atoms with E-state index in [-0.39, 0.29) is 89.0 Å². The molecule has 3 heterocycles. The lowest BCUT2D eigenvalue weighted by atomic mass is 9.92.